The lowest BCUT2D eigenvalue weighted by Gasteiger charge is -2.03. The van der Waals surface area contributed by atoms with Crippen LogP contribution in [0.2, 0.25) is 0 Å². The first-order chi connectivity index (χ1) is 8.13. The summed E-state index contributed by atoms with van der Waals surface area (Å²) in [7, 11) is 0. The minimum Gasteiger partial charge on any atom is -0.328 e. The van der Waals surface area contributed by atoms with E-state index in [0.29, 0.717) is 0 Å². The van der Waals surface area contributed by atoms with E-state index in [4.69, 9.17) is 5.73 Å². The van der Waals surface area contributed by atoms with E-state index < -0.39 is 0 Å². The smallest absolute Gasteiger partial charge is 0.0659 e. The number of hydrogen-bond donors (Lipinski definition) is 1. The van der Waals surface area contributed by atoms with Crippen molar-refractivity contribution < 1.29 is 0 Å². The van der Waals surface area contributed by atoms with E-state index in [9.17, 15) is 0 Å². The second-order valence-corrected chi connectivity index (χ2v) is 4.72. The molecule has 3 nitrogen and oxygen atoms in total. The van der Waals surface area contributed by atoms with E-state index in [1.165, 1.54) is 16.7 Å². The number of nitrogens with zero attached hydrogens (tertiary/aromatic N) is 2. The molecular formula is C14H19N3. The van der Waals surface area contributed by atoms with Gasteiger partial charge in [-0.3, -0.25) is 4.68 Å². The van der Waals surface area contributed by atoms with Gasteiger partial charge in [-0.15, -0.1) is 0 Å². The van der Waals surface area contributed by atoms with E-state index in [1.807, 2.05) is 17.8 Å². The first-order valence-corrected chi connectivity index (χ1v) is 5.96. The fourth-order valence-electron chi connectivity index (χ4n) is 1.97. The van der Waals surface area contributed by atoms with Gasteiger partial charge in [-0.05, 0) is 31.4 Å². The Hall–Kier alpha value is -1.61. The van der Waals surface area contributed by atoms with Gasteiger partial charge < -0.3 is 5.73 Å². The van der Waals surface area contributed by atoms with Gasteiger partial charge in [0.2, 0.25) is 0 Å². The molecule has 1 aromatic heterocycles. The summed E-state index contributed by atoms with van der Waals surface area (Å²) in [6, 6.07) is 8.68. The zero-order valence-electron chi connectivity index (χ0n) is 10.4. The summed E-state index contributed by atoms with van der Waals surface area (Å²) < 4.78 is 1.96. The van der Waals surface area contributed by atoms with Crippen LogP contribution in [0.3, 0.4) is 0 Å². The third kappa shape index (κ3) is 3.43. The monoisotopic (exact) mass is 229 g/mol. The summed E-state index contributed by atoms with van der Waals surface area (Å²) in [5.74, 6) is 0. The second-order valence-electron chi connectivity index (χ2n) is 4.72. The molecule has 2 N–H and O–H groups in total. The number of benzene rings is 1. The van der Waals surface area contributed by atoms with E-state index in [2.05, 4.69) is 42.5 Å². The average Bonchev–Trinajstić information content (AvgIpc) is 2.64. The number of hydrogen-bond acceptors (Lipinski definition) is 2. The molecule has 0 saturated carbocycles. The summed E-state index contributed by atoms with van der Waals surface area (Å²) in [5, 5.41) is 4.36. The molecule has 0 spiro atoms. The Bertz CT molecular complexity index is 486. The molecule has 0 aliphatic rings. The Morgan fingerprint density at radius 2 is 2.18 bits per heavy atom. The van der Waals surface area contributed by atoms with Crippen molar-refractivity contribution in [3.05, 3.63) is 53.3 Å². The maximum Gasteiger partial charge on any atom is 0.0659 e. The predicted octanol–water partition coefficient (Wildman–Crippen LogP) is 2.13. The van der Waals surface area contributed by atoms with Crippen molar-refractivity contribution in [2.45, 2.75) is 32.9 Å². The fraction of sp³-hybridized carbons (Fsp3) is 0.357. The van der Waals surface area contributed by atoms with Gasteiger partial charge in [-0.25, -0.2) is 0 Å². The molecule has 3 heteroatoms. The van der Waals surface area contributed by atoms with Crippen molar-refractivity contribution in [1.82, 2.24) is 9.78 Å². The highest BCUT2D eigenvalue weighted by Gasteiger charge is 2.02. The second kappa shape index (κ2) is 5.15. The highest BCUT2D eigenvalue weighted by Crippen LogP contribution is 2.07. The minimum absolute atomic E-state index is 0.187. The normalized spacial score (nSPS) is 12.6. The summed E-state index contributed by atoms with van der Waals surface area (Å²) in [4.78, 5) is 0. The molecule has 1 unspecified atom stereocenters. The molecule has 1 aromatic carbocycles. The molecule has 0 saturated heterocycles. The first kappa shape index (κ1) is 11.9. The van der Waals surface area contributed by atoms with Crippen LogP contribution in [0.4, 0.5) is 0 Å². The molecule has 0 aliphatic heterocycles. The number of aromatic nitrogens is 2. The molecule has 0 bridgehead atoms. The van der Waals surface area contributed by atoms with Crippen LogP contribution in [0.15, 0.2) is 36.7 Å². The minimum atomic E-state index is 0.187. The summed E-state index contributed by atoms with van der Waals surface area (Å²) in [6.45, 7) is 4.94. The number of nitrogens with two attached hydrogens (primary N) is 1. The summed E-state index contributed by atoms with van der Waals surface area (Å²) >= 11 is 0. The van der Waals surface area contributed by atoms with Crippen LogP contribution in [0.1, 0.15) is 23.6 Å². The van der Waals surface area contributed by atoms with Gasteiger partial charge in [-0.2, -0.15) is 5.10 Å². The van der Waals surface area contributed by atoms with Crippen LogP contribution in [0, 0.1) is 6.92 Å². The van der Waals surface area contributed by atoms with Crippen LogP contribution >= 0.6 is 0 Å². The Balaban J connectivity index is 2.06. The molecule has 2 rings (SSSR count). The summed E-state index contributed by atoms with van der Waals surface area (Å²) in [6.07, 6.45) is 4.86. The van der Waals surface area contributed by atoms with Crippen molar-refractivity contribution in [2.24, 2.45) is 5.73 Å². The van der Waals surface area contributed by atoms with Crippen molar-refractivity contribution in [2.75, 3.05) is 0 Å². The predicted molar refractivity (Wildman–Crippen MR) is 69.9 cm³/mol. The highest BCUT2D eigenvalue weighted by atomic mass is 15.3. The van der Waals surface area contributed by atoms with Gasteiger partial charge in [0.05, 0.1) is 12.7 Å². The topological polar surface area (TPSA) is 43.8 Å². The van der Waals surface area contributed by atoms with Crippen LogP contribution in [0.25, 0.3) is 0 Å². The summed E-state index contributed by atoms with van der Waals surface area (Å²) in [5.41, 5.74) is 9.53. The third-order valence-corrected chi connectivity index (χ3v) is 2.67. The van der Waals surface area contributed by atoms with Gasteiger partial charge in [0.25, 0.3) is 0 Å². The standard InChI is InChI=1S/C14H19N3/c1-11-4-3-5-13(6-11)9-17-10-14(8-16-17)7-12(2)15/h3-6,8,10,12H,7,9,15H2,1-2H3. The molecule has 90 valence electrons. The van der Waals surface area contributed by atoms with Gasteiger partial charge in [-0.1, -0.05) is 29.8 Å². The van der Waals surface area contributed by atoms with Crippen molar-refractivity contribution in [3.8, 4) is 0 Å². The van der Waals surface area contributed by atoms with Crippen LogP contribution in [-0.2, 0) is 13.0 Å². The molecule has 0 radical (unpaired) electrons. The van der Waals surface area contributed by atoms with E-state index in [0.717, 1.165) is 13.0 Å². The number of rotatable bonds is 4. The van der Waals surface area contributed by atoms with Crippen molar-refractivity contribution in [1.29, 1.82) is 0 Å². The van der Waals surface area contributed by atoms with Crippen LogP contribution in [0.5, 0.6) is 0 Å². The Kier molecular flexibility index (Phi) is 3.59. The van der Waals surface area contributed by atoms with E-state index in [-0.39, 0.29) is 6.04 Å². The molecule has 2 aromatic rings. The Morgan fingerprint density at radius 3 is 2.88 bits per heavy atom. The lowest BCUT2D eigenvalue weighted by Crippen LogP contribution is -2.17. The van der Waals surface area contributed by atoms with Gasteiger partial charge in [0.1, 0.15) is 0 Å². The van der Waals surface area contributed by atoms with E-state index in [1.54, 1.807) is 0 Å². The maximum atomic E-state index is 5.77. The van der Waals surface area contributed by atoms with Crippen LogP contribution < -0.4 is 5.73 Å². The molecule has 0 amide bonds. The molecule has 1 atom stereocenters. The van der Waals surface area contributed by atoms with Crippen molar-refractivity contribution in [3.63, 3.8) is 0 Å². The van der Waals surface area contributed by atoms with Gasteiger partial charge in [0.15, 0.2) is 0 Å². The Labute approximate surface area is 102 Å². The molecule has 0 fully saturated rings. The maximum absolute atomic E-state index is 5.77. The quantitative estimate of drug-likeness (QED) is 0.872. The third-order valence-electron chi connectivity index (χ3n) is 2.67. The SMILES string of the molecule is Cc1cccc(Cn2cc(CC(C)N)cn2)c1. The lowest BCUT2D eigenvalue weighted by molar-refractivity contribution is 0.683. The fourth-order valence-corrected chi connectivity index (χ4v) is 1.97. The lowest BCUT2D eigenvalue weighted by atomic mass is 10.1. The largest absolute Gasteiger partial charge is 0.328 e. The first-order valence-electron chi connectivity index (χ1n) is 5.96. The van der Waals surface area contributed by atoms with Crippen molar-refractivity contribution >= 4 is 0 Å². The zero-order chi connectivity index (χ0) is 12.3. The van der Waals surface area contributed by atoms with Gasteiger partial charge in [0, 0.05) is 12.2 Å². The molecule has 17 heavy (non-hydrogen) atoms. The zero-order valence-corrected chi connectivity index (χ0v) is 10.4. The highest BCUT2D eigenvalue weighted by molar-refractivity contribution is 5.22. The molecule has 1 heterocycles. The molecule has 0 aliphatic carbocycles. The van der Waals surface area contributed by atoms with E-state index >= 15 is 0 Å². The average molecular weight is 229 g/mol. The van der Waals surface area contributed by atoms with Gasteiger partial charge >= 0.3 is 0 Å². The van der Waals surface area contributed by atoms with Crippen LogP contribution in [-0.4, -0.2) is 15.8 Å². The molecular weight excluding hydrogens is 210 g/mol. The Morgan fingerprint density at radius 1 is 1.35 bits per heavy atom. The number of aryl methyl sites for hydroxylation is 1.